The number of rotatable bonds is 8. The van der Waals surface area contributed by atoms with Gasteiger partial charge in [-0.2, -0.15) is 4.98 Å². The van der Waals surface area contributed by atoms with Gasteiger partial charge in [-0.05, 0) is 5.92 Å². The van der Waals surface area contributed by atoms with Gasteiger partial charge in [0.15, 0.2) is 29.6 Å². The molecule has 3 rings (SSSR count). The van der Waals surface area contributed by atoms with Crippen LogP contribution >= 0.6 is 0 Å². The number of fused-ring (bicyclic) bond motifs is 1. The zero-order chi connectivity index (χ0) is 24.3. The highest BCUT2D eigenvalue weighted by Gasteiger charge is 2.51. The van der Waals surface area contributed by atoms with Crippen molar-refractivity contribution < 1.29 is 33.3 Å². The molecule has 0 aromatic carbocycles. The van der Waals surface area contributed by atoms with E-state index in [1.165, 1.54) is 31.7 Å². The Morgan fingerprint density at radius 1 is 1.15 bits per heavy atom. The zero-order valence-corrected chi connectivity index (χ0v) is 19.0. The summed E-state index contributed by atoms with van der Waals surface area (Å²) in [6.45, 7) is 7.95. The molecule has 0 unspecified atom stereocenters. The maximum atomic E-state index is 12.9. The minimum Gasteiger partial charge on any atom is -0.463 e. The lowest BCUT2D eigenvalue weighted by Crippen LogP contribution is -2.40. The number of H-pyrrole nitrogens is 1. The average Bonchev–Trinajstić information content (AvgIpc) is 3.26. The summed E-state index contributed by atoms with van der Waals surface area (Å²) in [6, 6.07) is 0. The lowest BCUT2D eigenvalue weighted by molar-refractivity contribution is -0.166. The van der Waals surface area contributed by atoms with E-state index in [4.69, 9.17) is 18.9 Å². The highest BCUT2D eigenvalue weighted by atomic mass is 16.7. The minimum absolute atomic E-state index is 0.0713. The summed E-state index contributed by atoms with van der Waals surface area (Å²) in [4.78, 5) is 58.8. The Morgan fingerprint density at radius 3 is 2.42 bits per heavy atom. The number of carbonyl (C=O) groups excluding carboxylic acids is 3. The summed E-state index contributed by atoms with van der Waals surface area (Å²) in [5, 5.41) is 3.03. The molecule has 1 aliphatic heterocycles. The van der Waals surface area contributed by atoms with Gasteiger partial charge in [-0.1, -0.05) is 13.8 Å². The predicted octanol–water partition coefficient (Wildman–Crippen LogP) is 0.511. The number of nitrogens with one attached hydrogen (secondary N) is 2. The van der Waals surface area contributed by atoms with Gasteiger partial charge in [0.05, 0.1) is 0 Å². The van der Waals surface area contributed by atoms with E-state index in [1.807, 2.05) is 13.8 Å². The van der Waals surface area contributed by atoms with Crippen molar-refractivity contribution in [1.29, 1.82) is 0 Å². The first-order chi connectivity index (χ1) is 15.6. The van der Waals surface area contributed by atoms with Crippen LogP contribution in [0.15, 0.2) is 11.1 Å². The number of aromatic nitrogens is 4. The van der Waals surface area contributed by atoms with Crippen LogP contribution in [-0.4, -0.2) is 68.9 Å². The summed E-state index contributed by atoms with van der Waals surface area (Å²) in [5.74, 6) is -1.28. The molecule has 13 nitrogen and oxygen atoms in total. The minimum atomic E-state index is -1.14. The molecule has 3 heterocycles. The van der Waals surface area contributed by atoms with E-state index in [0.717, 1.165) is 0 Å². The van der Waals surface area contributed by atoms with Crippen LogP contribution in [0.25, 0.3) is 11.2 Å². The molecule has 1 fully saturated rings. The van der Waals surface area contributed by atoms with E-state index in [2.05, 4.69) is 20.3 Å². The van der Waals surface area contributed by atoms with Gasteiger partial charge in [0.25, 0.3) is 5.56 Å². The van der Waals surface area contributed by atoms with E-state index < -0.39 is 48.0 Å². The summed E-state index contributed by atoms with van der Waals surface area (Å²) >= 11 is 0. The second-order valence-corrected chi connectivity index (χ2v) is 8.03. The molecule has 0 bridgehead atoms. The molecule has 1 aliphatic rings. The zero-order valence-electron chi connectivity index (χ0n) is 19.0. The lowest BCUT2D eigenvalue weighted by Gasteiger charge is -2.23. The van der Waals surface area contributed by atoms with Crippen molar-refractivity contribution >= 4 is 35.0 Å². The fourth-order valence-corrected chi connectivity index (χ4v) is 3.45. The first kappa shape index (κ1) is 24.2. The third kappa shape index (κ3) is 5.66. The van der Waals surface area contributed by atoms with Crippen LogP contribution in [0.1, 0.15) is 40.8 Å². The van der Waals surface area contributed by atoms with Crippen molar-refractivity contribution in [3.8, 4) is 0 Å². The molecule has 13 heteroatoms. The molecular weight excluding hydrogens is 438 g/mol. The maximum absolute atomic E-state index is 12.9. The highest BCUT2D eigenvalue weighted by molar-refractivity contribution is 5.71. The Morgan fingerprint density at radius 2 is 1.82 bits per heavy atom. The number of hydrogen-bond donors (Lipinski definition) is 2. The van der Waals surface area contributed by atoms with Crippen LogP contribution in [0, 0.1) is 5.92 Å². The topological polar surface area (TPSA) is 164 Å². The summed E-state index contributed by atoms with van der Waals surface area (Å²) < 4.78 is 23.1. The van der Waals surface area contributed by atoms with Crippen molar-refractivity contribution in [1.82, 2.24) is 19.5 Å². The van der Waals surface area contributed by atoms with Gasteiger partial charge in [-0.3, -0.25) is 28.7 Å². The number of hydrogen-bond acceptors (Lipinski definition) is 11. The number of anilines is 1. The predicted molar refractivity (Wildman–Crippen MR) is 113 cm³/mol. The molecule has 2 N–H and O–H groups in total. The van der Waals surface area contributed by atoms with Gasteiger partial charge in [-0.15, -0.1) is 0 Å². The van der Waals surface area contributed by atoms with Crippen LogP contribution in [0.3, 0.4) is 0 Å². The molecule has 0 radical (unpaired) electrons. The Balaban J connectivity index is 2.00. The molecule has 0 spiro atoms. The number of aromatic amines is 1. The summed E-state index contributed by atoms with van der Waals surface area (Å²) in [7, 11) is 0. The molecule has 2 aromatic heterocycles. The lowest BCUT2D eigenvalue weighted by atomic mass is 10.1. The number of imidazole rings is 1. The average molecular weight is 465 g/mol. The van der Waals surface area contributed by atoms with Gasteiger partial charge in [-0.25, -0.2) is 4.98 Å². The Kier molecular flexibility index (Phi) is 7.31. The highest BCUT2D eigenvalue weighted by Crippen LogP contribution is 2.35. The van der Waals surface area contributed by atoms with Crippen molar-refractivity contribution in [3.63, 3.8) is 0 Å². The summed E-state index contributed by atoms with van der Waals surface area (Å²) in [5.41, 5.74) is -0.286. The molecule has 0 saturated carbocycles. The largest absolute Gasteiger partial charge is 0.463 e. The first-order valence-corrected chi connectivity index (χ1v) is 10.4. The van der Waals surface area contributed by atoms with E-state index in [0.29, 0.717) is 12.5 Å². The van der Waals surface area contributed by atoms with Crippen LogP contribution in [0.5, 0.6) is 0 Å². The van der Waals surface area contributed by atoms with Crippen molar-refractivity contribution in [3.05, 3.63) is 16.7 Å². The molecule has 0 aliphatic carbocycles. The van der Waals surface area contributed by atoms with Gasteiger partial charge < -0.3 is 24.3 Å². The number of carbonyl (C=O) groups is 3. The first-order valence-electron chi connectivity index (χ1n) is 10.4. The quantitative estimate of drug-likeness (QED) is 0.412. The van der Waals surface area contributed by atoms with E-state index >= 15 is 0 Å². The molecular formula is C20H27N5O8. The third-order valence-corrected chi connectivity index (χ3v) is 4.73. The fourth-order valence-electron chi connectivity index (χ4n) is 3.45. The third-order valence-electron chi connectivity index (χ3n) is 4.73. The fraction of sp³-hybridized carbons (Fsp3) is 0.600. The van der Waals surface area contributed by atoms with Gasteiger partial charge >= 0.3 is 17.9 Å². The smallest absolute Gasteiger partial charge is 0.303 e. The molecule has 0 amide bonds. The molecule has 2 aromatic rings. The van der Waals surface area contributed by atoms with Crippen LogP contribution < -0.4 is 10.9 Å². The Bertz CT molecular complexity index is 1090. The number of esters is 3. The van der Waals surface area contributed by atoms with E-state index in [9.17, 15) is 19.2 Å². The van der Waals surface area contributed by atoms with Gasteiger partial charge in [0.2, 0.25) is 5.95 Å². The standard InChI is InChI=1S/C20H27N5O8/c1-9(2)6-21-20-23-17-14(18(29)24-20)25(8-22-17)19-16(32-12(5)28)15(31-11(4)27)13(33-19)7-30-10(3)26/h8-9,13,15-16,19H,6-7H2,1-5H3,(H2,21,23,24,29)/t13-,15-,16-,19-/m1/s1. The van der Waals surface area contributed by atoms with Gasteiger partial charge in [0.1, 0.15) is 19.0 Å². The normalized spacial score (nSPS) is 22.4. The van der Waals surface area contributed by atoms with Crippen LogP contribution in [0.2, 0.25) is 0 Å². The second-order valence-electron chi connectivity index (χ2n) is 8.03. The molecule has 1 saturated heterocycles. The van der Waals surface area contributed by atoms with E-state index in [1.54, 1.807) is 0 Å². The molecule has 180 valence electrons. The van der Waals surface area contributed by atoms with Crippen LogP contribution in [-0.2, 0) is 33.3 Å². The maximum Gasteiger partial charge on any atom is 0.303 e. The second kappa shape index (κ2) is 9.98. The van der Waals surface area contributed by atoms with Gasteiger partial charge in [0, 0.05) is 27.3 Å². The molecule has 4 atom stereocenters. The SMILES string of the molecule is CC(=O)OC[C@H]1O[C@@H](n2cnc3nc(NCC(C)C)[nH]c(=O)c32)[C@H](OC(C)=O)[C@@H]1OC(C)=O. The van der Waals surface area contributed by atoms with E-state index in [-0.39, 0.29) is 23.7 Å². The van der Waals surface area contributed by atoms with Crippen LogP contribution in [0.4, 0.5) is 5.95 Å². The number of ether oxygens (including phenoxy) is 4. The monoisotopic (exact) mass is 465 g/mol. The molecule has 33 heavy (non-hydrogen) atoms. The van der Waals surface area contributed by atoms with Crippen molar-refractivity contribution in [2.45, 2.75) is 59.2 Å². The van der Waals surface area contributed by atoms with Crippen molar-refractivity contribution in [2.75, 3.05) is 18.5 Å². The Labute approximate surface area is 188 Å². The number of nitrogens with zero attached hydrogens (tertiary/aromatic N) is 3. The Hall–Kier alpha value is -3.48. The van der Waals surface area contributed by atoms with Crippen molar-refractivity contribution in [2.24, 2.45) is 5.92 Å². The summed E-state index contributed by atoms with van der Waals surface area (Å²) in [6.07, 6.45) is -2.96.